The van der Waals surface area contributed by atoms with Crippen molar-refractivity contribution in [1.82, 2.24) is 9.80 Å². The molecule has 2 saturated heterocycles. The lowest BCUT2D eigenvalue weighted by Gasteiger charge is -2.24. The van der Waals surface area contributed by atoms with E-state index in [2.05, 4.69) is 0 Å². The topological polar surface area (TPSA) is 57.0 Å². The van der Waals surface area contributed by atoms with Gasteiger partial charge >= 0.3 is 6.03 Å². The molecule has 4 rings (SSSR count). The molecule has 1 unspecified atom stereocenters. The monoisotopic (exact) mass is 419 g/mol. The van der Waals surface area contributed by atoms with E-state index in [1.807, 2.05) is 40.9 Å². The normalized spacial score (nSPS) is 20.5. The third-order valence-corrected chi connectivity index (χ3v) is 6.62. The second-order valence-corrected chi connectivity index (χ2v) is 8.63. The number of benzene rings is 1. The number of carbonyl (C=O) groups is 2. The van der Waals surface area contributed by atoms with Crippen molar-refractivity contribution in [3.05, 3.63) is 53.4 Å². The van der Waals surface area contributed by atoms with Crippen molar-refractivity contribution in [3.8, 4) is 0 Å². The Labute approximate surface area is 173 Å². The molecule has 8 heteroatoms. The zero-order chi connectivity index (χ0) is 19.5. The first-order valence-electron chi connectivity index (χ1n) is 9.36. The minimum absolute atomic E-state index is 0.00184. The number of furan rings is 1. The van der Waals surface area contributed by atoms with Gasteiger partial charge in [0.2, 0.25) is 5.91 Å². The van der Waals surface area contributed by atoms with E-state index in [1.54, 1.807) is 28.2 Å². The van der Waals surface area contributed by atoms with Gasteiger partial charge in [0, 0.05) is 42.6 Å². The highest BCUT2D eigenvalue weighted by atomic mass is 35.5. The highest BCUT2D eigenvalue weighted by Crippen LogP contribution is 2.34. The summed E-state index contributed by atoms with van der Waals surface area (Å²) in [5, 5.41) is 0.868. The fraction of sp³-hybridized carbons (Fsp3) is 0.400. The van der Waals surface area contributed by atoms with Gasteiger partial charge in [-0.1, -0.05) is 17.7 Å². The standard InChI is InChI=1S/C20H22ClN3O3S/c21-15-3-1-4-16(13-15)24-9-8-23(20(24)26)14-19(25)22-7-6-18(28-12-10-22)17-5-2-11-27-17/h1-5,11,13,18H,6-10,12,14H2. The molecular weight excluding hydrogens is 398 g/mol. The summed E-state index contributed by atoms with van der Waals surface area (Å²) < 4.78 is 5.52. The van der Waals surface area contributed by atoms with E-state index in [9.17, 15) is 9.59 Å². The first-order chi connectivity index (χ1) is 13.6. The number of hydrogen-bond acceptors (Lipinski definition) is 4. The molecule has 1 aromatic carbocycles. The average molecular weight is 420 g/mol. The Kier molecular flexibility index (Phi) is 5.82. The van der Waals surface area contributed by atoms with Crippen LogP contribution in [0.15, 0.2) is 47.1 Å². The maximum absolute atomic E-state index is 12.8. The Balaban J connectivity index is 1.34. The number of nitrogens with zero attached hydrogens (tertiary/aromatic N) is 3. The van der Waals surface area contributed by atoms with Crippen molar-refractivity contribution >= 4 is 41.0 Å². The maximum Gasteiger partial charge on any atom is 0.325 e. The number of rotatable bonds is 4. The van der Waals surface area contributed by atoms with Crippen LogP contribution in [0.25, 0.3) is 0 Å². The molecule has 3 amide bonds. The second-order valence-electron chi connectivity index (χ2n) is 6.88. The Hall–Kier alpha value is -2.12. The third kappa shape index (κ3) is 4.15. The SMILES string of the molecule is O=C(CN1CCN(c2cccc(Cl)c2)C1=O)N1CCSC(c2ccco2)CC1. The van der Waals surface area contributed by atoms with E-state index in [0.29, 0.717) is 31.2 Å². The maximum atomic E-state index is 12.8. The highest BCUT2D eigenvalue weighted by molar-refractivity contribution is 7.99. The Bertz CT molecular complexity index is 845. The molecule has 0 radical (unpaired) electrons. The number of carbonyl (C=O) groups excluding carboxylic acids is 2. The molecule has 2 aliphatic rings. The summed E-state index contributed by atoms with van der Waals surface area (Å²) in [7, 11) is 0. The van der Waals surface area contributed by atoms with Crippen LogP contribution in [0, 0.1) is 0 Å². The summed E-state index contributed by atoms with van der Waals surface area (Å²) in [6.07, 6.45) is 2.54. The van der Waals surface area contributed by atoms with Gasteiger partial charge in [-0.15, -0.1) is 11.8 Å². The number of thioether (sulfide) groups is 1. The molecule has 2 aromatic rings. The lowest BCUT2D eigenvalue weighted by molar-refractivity contribution is -0.131. The van der Waals surface area contributed by atoms with Crippen molar-refractivity contribution in [2.75, 3.05) is 43.4 Å². The Morgan fingerprint density at radius 3 is 2.86 bits per heavy atom. The van der Waals surface area contributed by atoms with E-state index in [4.69, 9.17) is 16.0 Å². The number of halogens is 1. The smallest absolute Gasteiger partial charge is 0.325 e. The van der Waals surface area contributed by atoms with Crippen LogP contribution in [-0.2, 0) is 4.79 Å². The fourth-order valence-corrected chi connectivity index (χ4v) is 4.96. The molecule has 1 atom stereocenters. The molecule has 0 bridgehead atoms. The minimum atomic E-state index is -0.145. The number of urea groups is 1. The van der Waals surface area contributed by atoms with Crippen molar-refractivity contribution in [2.45, 2.75) is 11.7 Å². The number of amides is 3. The molecule has 0 aliphatic carbocycles. The fourth-order valence-electron chi connectivity index (χ4n) is 3.60. The van der Waals surface area contributed by atoms with E-state index >= 15 is 0 Å². The van der Waals surface area contributed by atoms with Crippen LogP contribution in [0.4, 0.5) is 10.5 Å². The Morgan fingerprint density at radius 2 is 2.07 bits per heavy atom. The molecule has 3 heterocycles. The first-order valence-corrected chi connectivity index (χ1v) is 10.8. The molecule has 6 nitrogen and oxygen atoms in total. The van der Waals surface area contributed by atoms with Gasteiger partial charge in [0.05, 0.1) is 11.5 Å². The van der Waals surface area contributed by atoms with Crippen molar-refractivity contribution in [2.24, 2.45) is 0 Å². The highest BCUT2D eigenvalue weighted by Gasteiger charge is 2.32. The van der Waals surface area contributed by atoms with Crippen molar-refractivity contribution in [3.63, 3.8) is 0 Å². The van der Waals surface area contributed by atoms with Crippen LogP contribution in [0.3, 0.4) is 0 Å². The van der Waals surface area contributed by atoms with E-state index in [1.165, 1.54) is 0 Å². The van der Waals surface area contributed by atoms with Crippen LogP contribution in [0.1, 0.15) is 17.4 Å². The van der Waals surface area contributed by atoms with Gasteiger partial charge in [0.1, 0.15) is 12.3 Å². The van der Waals surface area contributed by atoms with Crippen LogP contribution < -0.4 is 4.90 Å². The van der Waals surface area contributed by atoms with Crippen LogP contribution in [0.5, 0.6) is 0 Å². The molecule has 0 saturated carbocycles. The van der Waals surface area contributed by atoms with Crippen molar-refractivity contribution in [1.29, 1.82) is 0 Å². The van der Waals surface area contributed by atoms with Crippen LogP contribution in [0.2, 0.25) is 5.02 Å². The summed E-state index contributed by atoms with van der Waals surface area (Å²) in [4.78, 5) is 30.7. The molecule has 2 fully saturated rings. The van der Waals surface area contributed by atoms with Crippen molar-refractivity contribution < 1.29 is 14.0 Å². The van der Waals surface area contributed by atoms with Gasteiger partial charge in [0.15, 0.2) is 0 Å². The second kappa shape index (κ2) is 8.49. The molecule has 0 spiro atoms. The molecule has 148 valence electrons. The van der Waals surface area contributed by atoms with Gasteiger partial charge in [-0.05, 0) is 36.8 Å². The van der Waals surface area contributed by atoms with Gasteiger partial charge in [-0.2, -0.15) is 0 Å². The molecule has 1 aromatic heterocycles. The third-order valence-electron chi connectivity index (χ3n) is 5.10. The number of hydrogen-bond donors (Lipinski definition) is 0. The summed E-state index contributed by atoms with van der Waals surface area (Å²) in [5.41, 5.74) is 0.764. The summed E-state index contributed by atoms with van der Waals surface area (Å²) >= 11 is 7.85. The van der Waals surface area contributed by atoms with Gasteiger partial charge in [-0.3, -0.25) is 9.69 Å². The van der Waals surface area contributed by atoms with E-state index in [-0.39, 0.29) is 23.7 Å². The van der Waals surface area contributed by atoms with E-state index in [0.717, 1.165) is 23.6 Å². The molecular formula is C20H22ClN3O3S. The predicted molar refractivity (Wildman–Crippen MR) is 111 cm³/mol. The zero-order valence-corrected chi connectivity index (χ0v) is 17.0. The van der Waals surface area contributed by atoms with Crippen LogP contribution >= 0.6 is 23.4 Å². The first kappa shape index (κ1) is 19.2. The predicted octanol–water partition coefficient (Wildman–Crippen LogP) is 3.88. The lowest BCUT2D eigenvalue weighted by Crippen LogP contribution is -2.43. The number of anilines is 1. The molecule has 28 heavy (non-hydrogen) atoms. The largest absolute Gasteiger partial charge is 0.468 e. The lowest BCUT2D eigenvalue weighted by atomic mass is 10.2. The summed E-state index contributed by atoms with van der Waals surface area (Å²) in [6, 6.07) is 11.0. The minimum Gasteiger partial charge on any atom is -0.468 e. The van der Waals surface area contributed by atoms with Gasteiger partial charge < -0.3 is 14.2 Å². The Morgan fingerprint density at radius 1 is 1.18 bits per heavy atom. The van der Waals surface area contributed by atoms with Gasteiger partial charge in [-0.25, -0.2) is 4.79 Å². The van der Waals surface area contributed by atoms with E-state index < -0.39 is 0 Å². The molecule has 2 aliphatic heterocycles. The van der Waals surface area contributed by atoms with Gasteiger partial charge in [0.25, 0.3) is 0 Å². The average Bonchev–Trinajstić information content (AvgIpc) is 3.26. The summed E-state index contributed by atoms with van der Waals surface area (Å²) in [5.74, 6) is 1.83. The van der Waals surface area contributed by atoms with Crippen LogP contribution in [-0.4, -0.2) is 60.2 Å². The zero-order valence-electron chi connectivity index (χ0n) is 15.4. The summed E-state index contributed by atoms with van der Waals surface area (Å²) in [6.45, 7) is 2.58. The quantitative estimate of drug-likeness (QED) is 0.754. The molecule has 0 N–H and O–H groups in total.